The number of rotatable bonds is 1. The second-order valence-corrected chi connectivity index (χ2v) is 5.42. The van der Waals surface area contributed by atoms with E-state index in [9.17, 15) is 0 Å². The molecule has 0 radical (unpaired) electrons. The van der Waals surface area contributed by atoms with Gasteiger partial charge in [-0.3, -0.25) is 4.90 Å². The molecule has 4 atom stereocenters. The molecule has 0 aromatic rings. The molecule has 3 heterocycles. The van der Waals surface area contributed by atoms with Gasteiger partial charge in [0, 0.05) is 24.9 Å². The normalized spacial score (nSPS) is 56.1. The molecular weight excluding hydrogens is 178 g/mol. The summed E-state index contributed by atoms with van der Waals surface area (Å²) in [7, 11) is 0. The maximum absolute atomic E-state index is 6.20. The Morgan fingerprint density at radius 1 is 1.21 bits per heavy atom. The fourth-order valence-electron chi connectivity index (χ4n) is 3.33. The van der Waals surface area contributed by atoms with E-state index in [0.29, 0.717) is 0 Å². The average Bonchev–Trinajstić information content (AvgIpc) is 2.69. The first-order chi connectivity index (χ1) is 6.86. The van der Waals surface area contributed by atoms with Crippen LogP contribution in [0.1, 0.15) is 19.3 Å². The molecule has 2 bridgehead atoms. The van der Waals surface area contributed by atoms with Gasteiger partial charge in [-0.25, -0.2) is 0 Å². The topological polar surface area (TPSA) is 21.7 Å². The van der Waals surface area contributed by atoms with Crippen LogP contribution in [-0.2, 0) is 9.47 Å². The highest BCUT2D eigenvalue weighted by Gasteiger charge is 2.57. The highest BCUT2D eigenvalue weighted by Crippen LogP contribution is 2.47. The summed E-state index contributed by atoms with van der Waals surface area (Å²) in [5.74, 6) is 1.48. The minimum atomic E-state index is 0.103. The molecule has 0 N–H and O–H groups in total. The minimum Gasteiger partial charge on any atom is -0.349 e. The second-order valence-electron chi connectivity index (χ2n) is 5.42. The first-order valence-corrected chi connectivity index (χ1v) is 5.87. The quantitative estimate of drug-likeness (QED) is 0.619. The van der Waals surface area contributed by atoms with Crippen molar-refractivity contribution in [1.82, 2.24) is 4.90 Å². The molecular formula is C11H17NO2. The van der Waals surface area contributed by atoms with Crippen molar-refractivity contribution in [2.75, 3.05) is 26.2 Å². The summed E-state index contributed by atoms with van der Waals surface area (Å²) in [6.45, 7) is 4.51. The van der Waals surface area contributed by atoms with Crippen molar-refractivity contribution in [1.29, 1.82) is 0 Å². The fourth-order valence-corrected chi connectivity index (χ4v) is 3.33. The molecule has 4 rings (SSSR count). The highest BCUT2D eigenvalue weighted by atomic mass is 16.7. The lowest BCUT2D eigenvalue weighted by Crippen LogP contribution is -2.45. The predicted octanol–water partition coefficient (Wildman–Crippen LogP) is 0.844. The van der Waals surface area contributed by atoms with Crippen molar-refractivity contribution in [3.05, 3.63) is 0 Å². The maximum Gasteiger partial charge on any atom is 0.161 e. The number of ether oxygens (including phenoxy) is 2. The van der Waals surface area contributed by atoms with E-state index >= 15 is 0 Å². The van der Waals surface area contributed by atoms with Crippen LogP contribution >= 0.6 is 0 Å². The monoisotopic (exact) mass is 195 g/mol. The van der Waals surface area contributed by atoms with E-state index in [-0.39, 0.29) is 11.9 Å². The Kier molecular flexibility index (Phi) is 1.45. The fraction of sp³-hybridized carbons (Fsp3) is 1.00. The van der Waals surface area contributed by atoms with E-state index in [2.05, 4.69) is 4.90 Å². The zero-order valence-corrected chi connectivity index (χ0v) is 8.45. The third kappa shape index (κ3) is 0.980. The molecule has 0 amide bonds. The van der Waals surface area contributed by atoms with Gasteiger partial charge in [-0.2, -0.15) is 0 Å². The largest absolute Gasteiger partial charge is 0.349 e. The molecule has 1 saturated carbocycles. The molecule has 14 heavy (non-hydrogen) atoms. The van der Waals surface area contributed by atoms with E-state index in [0.717, 1.165) is 25.0 Å². The predicted molar refractivity (Wildman–Crippen MR) is 50.8 cm³/mol. The first kappa shape index (κ1) is 8.08. The first-order valence-electron chi connectivity index (χ1n) is 5.87. The van der Waals surface area contributed by atoms with E-state index in [1.54, 1.807) is 0 Å². The molecule has 3 aliphatic heterocycles. The van der Waals surface area contributed by atoms with Gasteiger partial charge in [0.05, 0.1) is 6.61 Å². The van der Waals surface area contributed by atoms with E-state index in [1.165, 1.54) is 32.4 Å². The summed E-state index contributed by atoms with van der Waals surface area (Å²) in [6, 6.07) is 0. The second kappa shape index (κ2) is 2.52. The molecule has 78 valence electrons. The number of fused-ring (bicyclic) bond motifs is 3. The van der Waals surface area contributed by atoms with E-state index in [1.807, 2.05) is 0 Å². The van der Waals surface area contributed by atoms with Crippen molar-refractivity contribution >= 4 is 0 Å². The lowest BCUT2D eigenvalue weighted by Gasteiger charge is -2.31. The lowest BCUT2D eigenvalue weighted by atomic mass is 9.88. The van der Waals surface area contributed by atoms with Crippen LogP contribution in [0.25, 0.3) is 0 Å². The molecule has 3 saturated heterocycles. The van der Waals surface area contributed by atoms with Crippen molar-refractivity contribution in [2.24, 2.45) is 11.8 Å². The van der Waals surface area contributed by atoms with Crippen LogP contribution in [0.2, 0.25) is 0 Å². The van der Waals surface area contributed by atoms with E-state index in [4.69, 9.17) is 9.47 Å². The Hall–Kier alpha value is -0.120. The molecule has 3 heteroatoms. The number of nitrogens with zero attached hydrogens (tertiary/aromatic N) is 1. The van der Waals surface area contributed by atoms with Crippen LogP contribution in [-0.4, -0.2) is 43.0 Å². The Morgan fingerprint density at radius 2 is 2.14 bits per heavy atom. The molecule has 0 aromatic carbocycles. The van der Waals surface area contributed by atoms with Gasteiger partial charge in [-0.1, -0.05) is 0 Å². The molecule has 0 aromatic heterocycles. The Labute approximate surface area is 84.4 Å². The average molecular weight is 195 g/mol. The van der Waals surface area contributed by atoms with E-state index < -0.39 is 0 Å². The van der Waals surface area contributed by atoms with Crippen LogP contribution in [0.5, 0.6) is 0 Å². The molecule has 4 fully saturated rings. The minimum absolute atomic E-state index is 0.103. The van der Waals surface area contributed by atoms with Gasteiger partial charge in [-0.15, -0.1) is 0 Å². The van der Waals surface area contributed by atoms with Gasteiger partial charge in [0.2, 0.25) is 0 Å². The summed E-state index contributed by atoms with van der Waals surface area (Å²) in [5.41, 5.74) is 0.103. The smallest absolute Gasteiger partial charge is 0.161 e. The zero-order chi connectivity index (χ0) is 9.17. The van der Waals surface area contributed by atoms with Gasteiger partial charge in [0.1, 0.15) is 5.60 Å². The summed E-state index contributed by atoms with van der Waals surface area (Å²) in [5, 5.41) is 0. The summed E-state index contributed by atoms with van der Waals surface area (Å²) < 4.78 is 12.0. The highest BCUT2D eigenvalue weighted by molar-refractivity contribution is 5.06. The summed E-state index contributed by atoms with van der Waals surface area (Å²) in [4.78, 5) is 2.53. The number of hydrogen-bond donors (Lipinski definition) is 0. The Morgan fingerprint density at radius 3 is 2.79 bits per heavy atom. The van der Waals surface area contributed by atoms with Crippen LogP contribution in [0.15, 0.2) is 0 Å². The zero-order valence-electron chi connectivity index (χ0n) is 8.45. The van der Waals surface area contributed by atoms with Crippen LogP contribution in [0.4, 0.5) is 0 Å². The Balaban J connectivity index is 1.55. The van der Waals surface area contributed by atoms with Crippen molar-refractivity contribution in [3.63, 3.8) is 0 Å². The van der Waals surface area contributed by atoms with Gasteiger partial charge < -0.3 is 9.47 Å². The molecule has 4 aliphatic rings. The molecule has 4 unspecified atom stereocenters. The van der Waals surface area contributed by atoms with Crippen LogP contribution in [0.3, 0.4) is 0 Å². The van der Waals surface area contributed by atoms with Crippen molar-refractivity contribution in [3.8, 4) is 0 Å². The lowest BCUT2D eigenvalue weighted by molar-refractivity contribution is -0.114. The van der Waals surface area contributed by atoms with Crippen LogP contribution in [0, 0.1) is 11.8 Å². The number of piperidine rings is 1. The molecule has 3 nitrogen and oxygen atoms in total. The summed E-state index contributed by atoms with van der Waals surface area (Å²) in [6.07, 6.45) is 4.10. The standard InChI is InChI=1S/C11H17NO2/c1-2-8(1)10-13-7-11(14-10)6-12-4-3-9(11)5-12/h8-10H,1-7H2. The SMILES string of the molecule is C1CC1C1OCC2(CN3CCC2C3)O1. The third-order valence-electron chi connectivity index (χ3n) is 4.36. The van der Waals surface area contributed by atoms with Gasteiger partial charge in [-0.05, 0) is 25.8 Å². The number of hydrogen-bond acceptors (Lipinski definition) is 3. The van der Waals surface area contributed by atoms with Gasteiger partial charge >= 0.3 is 0 Å². The Bertz CT molecular complexity index is 266. The van der Waals surface area contributed by atoms with Crippen molar-refractivity contribution in [2.45, 2.75) is 31.2 Å². The molecule has 1 aliphatic carbocycles. The maximum atomic E-state index is 6.20. The summed E-state index contributed by atoms with van der Waals surface area (Å²) >= 11 is 0. The van der Waals surface area contributed by atoms with Gasteiger partial charge in [0.15, 0.2) is 6.29 Å². The third-order valence-corrected chi connectivity index (χ3v) is 4.36. The van der Waals surface area contributed by atoms with Gasteiger partial charge in [0.25, 0.3) is 0 Å². The molecule has 1 spiro atoms. The van der Waals surface area contributed by atoms with Crippen LogP contribution < -0.4 is 0 Å². The van der Waals surface area contributed by atoms with Crippen molar-refractivity contribution < 1.29 is 9.47 Å².